The van der Waals surface area contributed by atoms with Gasteiger partial charge in [0.15, 0.2) is 0 Å². The first-order valence-corrected chi connectivity index (χ1v) is 6.45. The summed E-state index contributed by atoms with van der Waals surface area (Å²) in [6, 6.07) is 0. The SMILES string of the molecule is CCCCOCCC(C)(CNC)C1CC1. The van der Waals surface area contributed by atoms with Crippen molar-refractivity contribution >= 4 is 0 Å². The molecule has 1 aliphatic rings. The third-order valence-electron chi connectivity index (χ3n) is 3.60. The molecule has 0 aromatic carbocycles. The van der Waals surface area contributed by atoms with E-state index in [1.807, 2.05) is 0 Å². The largest absolute Gasteiger partial charge is 0.381 e. The number of nitrogens with one attached hydrogen (secondary N) is 1. The molecule has 0 bridgehead atoms. The summed E-state index contributed by atoms with van der Waals surface area (Å²) in [5, 5.41) is 3.33. The Morgan fingerprint density at radius 3 is 2.60 bits per heavy atom. The van der Waals surface area contributed by atoms with Gasteiger partial charge in [0, 0.05) is 19.8 Å². The van der Waals surface area contributed by atoms with Crippen molar-refractivity contribution in [1.82, 2.24) is 5.32 Å². The highest BCUT2D eigenvalue weighted by atomic mass is 16.5. The first kappa shape index (κ1) is 13.0. The van der Waals surface area contributed by atoms with Crippen molar-refractivity contribution < 1.29 is 4.74 Å². The van der Waals surface area contributed by atoms with Crippen LogP contribution >= 0.6 is 0 Å². The average molecular weight is 213 g/mol. The molecule has 1 atom stereocenters. The lowest BCUT2D eigenvalue weighted by Gasteiger charge is -2.29. The fourth-order valence-electron chi connectivity index (χ4n) is 2.27. The molecular formula is C13H27NO. The predicted octanol–water partition coefficient (Wildman–Crippen LogP) is 2.83. The van der Waals surface area contributed by atoms with E-state index in [9.17, 15) is 0 Å². The highest BCUT2D eigenvalue weighted by Crippen LogP contribution is 2.47. The van der Waals surface area contributed by atoms with Crippen LogP contribution in [0.1, 0.15) is 46.0 Å². The molecule has 1 fully saturated rings. The first-order valence-electron chi connectivity index (χ1n) is 6.45. The van der Waals surface area contributed by atoms with Crippen molar-refractivity contribution in [1.29, 1.82) is 0 Å². The Morgan fingerprint density at radius 1 is 1.33 bits per heavy atom. The third-order valence-corrected chi connectivity index (χ3v) is 3.60. The molecule has 15 heavy (non-hydrogen) atoms. The van der Waals surface area contributed by atoms with Crippen molar-refractivity contribution in [2.24, 2.45) is 11.3 Å². The summed E-state index contributed by atoms with van der Waals surface area (Å²) in [5.41, 5.74) is 0.473. The van der Waals surface area contributed by atoms with Crippen molar-refractivity contribution in [3.05, 3.63) is 0 Å². The molecule has 0 radical (unpaired) electrons. The van der Waals surface area contributed by atoms with E-state index >= 15 is 0 Å². The van der Waals surface area contributed by atoms with Crippen LogP contribution in [-0.4, -0.2) is 26.8 Å². The van der Waals surface area contributed by atoms with Crippen LogP contribution in [0.2, 0.25) is 0 Å². The van der Waals surface area contributed by atoms with Crippen molar-refractivity contribution in [3.63, 3.8) is 0 Å². The fourth-order valence-corrected chi connectivity index (χ4v) is 2.27. The molecule has 2 nitrogen and oxygen atoms in total. The minimum absolute atomic E-state index is 0.473. The summed E-state index contributed by atoms with van der Waals surface area (Å²) in [5.74, 6) is 0.944. The average Bonchev–Trinajstić information content (AvgIpc) is 3.01. The Kier molecular flexibility index (Phi) is 5.62. The molecule has 1 rings (SSSR count). The number of ether oxygens (including phenoxy) is 1. The Hall–Kier alpha value is -0.0800. The summed E-state index contributed by atoms with van der Waals surface area (Å²) in [6.07, 6.45) is 6.49. The van der Waals surface area contributed by atoms with E-state index in [4.69, 9.17) is 4.74 Å². The second kappa shape index (κ2) is 6.49. The molecule has 1 N–H and O–H groups in total. The lowest BCUT2D eigenvalue weighted by Crippen LogP contribution is -2.33. The zero-order valence-corrected chi connectivity index (χ0v) is 10.6. The standard InChI is InChI=1S/C13H27NO/c1-4-5-9-15-10-8-13(2,11-14-3)12-6-7-12/h12,14H,4-11H2,1-3H3. The maximum atomic E-state index is 5.67. The number of hydrogen-bond acceptors (Lipinski definition) is 2. The van der Waals surface area contributed by atoms with Crippen LogP contribution in [0.15, 0.2) is 0 Å². The van der Waals surface area contributed by atoms with Crippen molar-refractivity contribution in [3.8, 4) is 0 Å². The van der Waals surface area contributed by atoms with E-state index < -0.39 is 0 Å². The smallest absolute Gasteiger partial charge is 0.0471 e. The minimum atomic E-state index is 0.473. The molecular weight excluding hydrogens is 186 g/mol. The van der Waals surface area contributed by atoms with Gasteiger partial charge in [-0.25, -0.2) is 0 Å². The molecule has 0 saturated heterocycles. The zero-order valence-electron chi connectivity index (χ0n) is 10.6. The molecule has 0 spiro atoms. The predicted molar refractivity (Wildman–Crippen MR) is 65.1 cm³/mol. The highest BCUT2D eigenvalue weighted by molar-refractivity contribution is 4.92. The number of unbranched alkanes of at least 4 members (excludes halogenated alkanes) is 1. The number of rotatable bonds is 9. The maximum absolute atomic E-state index is 5.67. The molecule has 0 aromatic heterocycles. The van der Waals surface area contributed by atoms with Crippen LogP contribution in [0.25, 0.3) is 0 Å². The van der Waals surface area contributed by atoms with E-state index in [1.165, 1.54) is 32.1 Å². The summed E-state index contributed by atoms with van der Waals surface area (Å²) < 4.78 is 5.67. The second-order valence-corrected chi connectivity index (χ2v) is 5.17. The van der Waals surface area contributed by atoms with Gasteiger partial charge in [0.2, 0.25) is 0 Å². The minimum Gasteiger partial charge on any atom is -0.381 e. The maximum Gasteiger partial charge on any atom is 0.0471 e. The molecule has 0 amide bonds. The molecule has 1 saturated carbocycles. The van der Waals surface area contributed by atoms with E-state index in [0.717, 1.165) is 25.7 Å². The molecule has 0 aliphatic heterocycles. The van der Waals surface area contributed by atoms with Gasteiger partial charge in [-0.2, -0.15) is 0 Å². The van der Waals surface area contributed by atoms with E-state index in [0.29, 0.717) is 5.41 Å². The highest BCUT2D eigenvalue weighted by Gasteiger charge is 2.40. The van der Waals surface area contributed by atoms with Gasteiger partial charge in [0.25, 0.3) is 0 Å². The zero-order chi connectivity index (χ0) is 11.1. The summed E-state index contributed by atoms with van der Waals surface area (Å²) >= 11 is 0. The van der Waals surface area contributed by atoms with Crippen molar-refractivity contribution in [2.75, 3.05) is 26.8 Å². The van der Waals surface area contributed by atoms with Gasteiger partial charge in [0.1, 0.15) is 0 Å². The lowest BCUT2D eigenvalue weighted by atomic mass is 9.82. The Labute approximate surface area is 94.8 Å². The molecule has 0 heterocycles. The molecule has 2 heteroatoms. The van der Waals surface area contributed by atoms with Gasteiger partial charge in [-0.15, -0.1) is 0 Å². The topological polar surface area (TPSA) is 21.3 Å². The molecule has 0 aromatic rings. The van der Waals surface area contributed by atoms with E-state index in [-0.39, 0.29) is 0 Å². The molecule has 1 aliphatic carbocycles. The Bertz CT molecular complexity index is 168. The van der Waals surface area contributed by atoms with E-state index in [1.54, 1.807) is 0 Å². The molecule has 1 unspecified atom stereocenters. The monoisotopic (exact) mass is 213 g/mol. The lowest BCUT2D eigenvalue weighted by molar-refractivity contribution is 0.0888. The van der Waals surface area contributed by atoms with Gasteiger partial charge in [-0.3, -0.25) is 0 Å². The molecule has 90 valence electrons. The first-order chi connectivity index (χ1) is 7.23. The third kappa shape index (κ3) is 4.52. The van der Waals surface area contributed by atoms with Crippen LogP contribution in [0.5, 0.6) is 0 Å². The summed E-state index contributed by atoms with van der Waals surface area (Å²) in [4.78, 5) is 0. The Morgan fingerprint density at radius 2 is 2.07 bits per heavy atom. The van der Waals surface area contributed by atoms with Crippen molar-refractivity contribution in [2.45, 2.75) is 46.0 Å². The van der Waals surface area contributed by atoms with Crippen LogP contribution in [0, 0.1) is 11.3 Å². The van der Waals surface area contributed by atoms with Gasteiger partial charge in [-0.1, -0.05) is 20.3 Å². The van der Waals surface area contributed by atoms with Crippen LogP contribution in [0.3, 0.4) is 0 Å². The fraction of sp³-hybridized carbons (Fsp3) is 1.00. The van der Waals surface area contributed by atoms with Gasteiger partial charge < -0.3 is 10.1 Å². The normalized spacial score (nSPS) is 20.2. The summed E-state index contributed by atoms with van der Waals surface area (Å²) in [7, 11) is 2.05. The summed E-state index contributed by atoms with van der Waals surface area (Å²) in [6.45, 7) is 7.63. The second-order valence-electron chi connectivity index (χ2n) is 5.17. The van der Waals surface area contributed by atoms with Crippen LogP contribution in [-0.2, 0) is 4.74 Å². The van der Waals surface area contributed by atoms with Crippen LogP contribution < -0.4 is 5.32 Å². The van der Waals surface area contributed by atoms with Crippen LogP contribution in [0.4, 0.5) is 0 Å². The van der Waals surface area contributed by atoms with Gasteiger partial charge in [0.05, 0.1) is 0 Å². The Balaban J connectivity index is 2.14. The van der Waals surface area contributed by atoms with Gasteiger partial charge >= 0.3 is 0 Å². The quantitative estimate of drug-likeness (QED) is 0.595. The van der Waals surface area contributed by atoms with Gasteiger partial charge in [-0.05, 0) is 44.1 Å². The number of hydrogen-bond donors (Lipinski definition) is 1. The van der Waals surface area contributed by atoms with E-state index in [2.05, 4.69) is 26.2 Å².